The summed E-state index contributed by atoms with van der Waals surface area (Å²) in [4.78, 5) is 0. The number of hydrogen-bond acceptors (Lipinski definition) is 2. The third-order valence-corrected chi connectivity index (χ3v) is 4.22. The highest BCUT2D eigenvalue weighted by molar-refractivity contribution is 9.10. The van der Waals surface area contributed by atoms with Gasteiger partial charge in [0, 0.05) is 5.56 Å². The van der Waals surface area contributed by atoms with Crippen LogP contribution in [-0.2, 0) is 6.42 Å². The highest BCUT2D eigenvalue weighted by Crippen LogP contribution is 2.28. The SMILES string of the molecule is CCCCC(C)Cc1c(Br)nn(-c2ccccc2)c1N. The zero-order chi connectivity index (χ0) is 14.5. The maximum Gasteiger partial charge on any atom is 0.133 e. The number of nitrogens with zero attached hydrogens (tertiary/aromatic N) is 2. The number of anilines is 1. The highest BCUT2D eigenvalue weighted by Gasteiger charge is 2.17. The first-order valence-electron chi connectivity index (χ1n) is 7.21. The lowest BCUT2D eigenvalue weighted by molar-refractivity contribution is 0.503. The van der Waals surface area contributed by atoms with Crippen molar-refractivity contribution in [1.29, 1.82) is 0 Å². The Morgan fingerprint density at radius 3 is 2.65 bits per heavy atom. The average Bonchev–Trinajstić information content (AvgIpc) is 2.74. The summed E-state index contributed by atoms with van der Waals surface area (Å²) >= 11 is 3.55. The standard InChI is InChI=1S/C16H22BrN3/c1-3-4-8-12(2)11-14-15(17)19-20(16(14)18)13-9-6-5-7-10-13/h5-7,9-10,12H,3-4,8,11,18H2,1-2H3. The zero-order valence-electron chi connectivity index (χ0n) is 12.1. The van der Waals surface area contributed by atoms with Gasteiger partial charge in [-0.2, -0.15) is 5.10 Å². The van der Waals surface area contributed by atoms with E-state index in [2.05, 4.69) is 34.9 Å². The van der Waals surface area contributed by atoms with E-state index in [4.69, 9.17) is 5.73 Å². The van der Waals surface area contributed by atoms with Crippen molar-refractivity contribution in [3.8, 4) is 5.69 Å². The molecule has 1 heterocycles. The van der Waals surface area contributed by atoms with E-state index in [0.717, 1.165) is 28.1 Å². The van der Waals surface area contributed by atoms with Gasteiger partial charge in [0.25, 0.3) is 0 Å². The van der Waals surface area contributed by atoms with Crippen molar-refractivity contribution in [2.75, 3.05) is 5.73 Å². The fourth-order valence-electron chi connectivity index (χ4n) is 2.39. The first-order valence-corrected chi connectivity index (χ1v) is 8.01. The summed E-state index contributed by atoms with van der Waals surface area (Å²) in [5, 5.41) is 4.52. The molecule has 0 fully saturated rings. The molecule has 2 aromatic rings. The molecular weight excluding hydrogens is 314 g/mol. The van der Waals surface area contributed by atoms with Gasteiger partial charge >= 0.3 is 0 Å². The average molecular weight is 336 g/mol. The van der Waals surface area contributed by atoms with Crippen LogP contribution in [-0.4, -0.2) is 9.78 Å². The second kappa shape index (κ2) is 6.93. The molecule has 1 aromatic carbocycles. The topological polar surface area (TPSA) is 43.8 Å². The summed E-state index contributed by atoms with van der Waals surface area (Å²) in [7, 11) is 0. The minimum Gasteiger partial charge on any atom is -0.383 e. The normalized spacial score (nSPS) is 12.6. The van der Waals surface area contributed by atoms with E-state index in [1.807, 2.05) is 35.0 Å². The number of halogens is 1. The lowest BCUT2D eigenvalue weighted by atomic mass is 9.97. The second-order valence-corrected chi connectivity index (χ2v) is 6.10. The number of nitrogens with two attached hydrogens (primary N) is 1. The number of benzene rings is 1. The number of unbranched alkanes of at least 4 members (excludes halogenated alkanes) is 1. The van der Waals surface area contributed by atoms with Gasteiger partial charge in [-0.3, -0.25) is 0 Å². The monoisotopic (exact) mass is 335 g/mol. The lowest BCUT2D eigenvalue weighted by Gasteiger charge is -2.10. The number of para-hydroxylation sites is 1. The van der Waals surface area contributed by atoms with Crippen LogP contribution in [0.5, 0.6) is 0 Å². The van der Waals surface area contributed by atoms with Crippen LogP contribution in [0.2, 0.25) is 0 Å². The third kappa shape index (κ3) is 3.42. The van der Waals surface area contributed by atoms with Crippen molar-refractivity contribution in [3.63, 3.8) is 0 Å². The van der Waals surface area contributed by atoms with Crippen LogP contribution in [0.15, 0.2) is 34.9 Å². The van der Waals surface area contributed by atoms with Gasteiger partial charge in [0.05, 0.1) is 5.69 Å². The molecule has 0 aliphatic rings. The first-order chi connectivity index (χ1) is 9.63. The third-order valence-electron chi connectivity index (χ3n) is 3.58. The molecule has 0 aliphatic carbocycles. The van der Waals surface area contributed by atoms with Crippen molar-refractivity contribution < 1.29 is 0 Å². The van der Waals surface area contributed by atoms with Crippen molar-refractivity contribution in [1.82, 2.24) is 9.78 Å². The van der Waals surface area contributed by atoms with Gasteiger partial charge in [-0.15, -0.1) is 0 Å². The molecule has 108 valence electrons. The molecule has 0 saturated carbocycles. The molecule has 0 bridgehead atoms. The van der Waals surface area contributed by atoms with E-state index in [-0.39, 0.29) is 0 Å². The largest absolute Gasteiger partial charge is 0.383 e. The molecule has 0 saturated heterocycles. The molecule has 1 aromatic heterocycles. The minimum absolute atomic E-state index is 0.627. The Morgan fingerprint density at radius 1 is 1.30 bits per heavy atom. The van der Waals surface area contributed by atoms with Crippen LogP contribution in [0, 0.1) is 5.92 Å². The summed E-state index contributed by atoms with van der Waals surface area (Å²) in [6, 6.07) is 10.0. The van der Waals surface area contributed by atoms with E-state index in [0.29, 0.717) is 5.92 Å². The van der Waals surface area contributed by atoms with Gasteiger partial charge in [0.15, 0.2) is 0 Å². The van der Waals surface area contributed by atoms with Crippen molar-refractivity contribution >= 4 is 21.7 Å². The van der Waals surface area contributed by atoms with Gasteiger partial charge in [0.2, 0.25) is 0 Å². The van der Waals surface area contributed by atoms with Crippen LogP contribution in [0.25, 0.3) is 5.69 Å². The Morgan fingerprint density at radius 2 is 2.00 bits per heavy atom. The van der Waals surface area contributed by atoms with E-state index in [1.165, 1.54) is 19.3 Å². The molecule has 0 amide bonds. The Kier molecular flexibility index (Phi) is 5.24. The fraction of sp³-hybridized carbons (Fsp3) is 0.438. The molecule has 20 heavy (non-hydrogen) atoms. The van der Waals surface area contributed by atoms with Gasteiger partial charge in [-0.05, 0) is 40.4 Å². The predicted octanol–water partition coefficient (Wildman–Crippen LogP) is 4.59. The van der Waals surface area contributed by atoms with Gasteiger partial charge < -0.3 is 5.73 Å². The van der Waals surface area contributed by atoms with Crippen LogP contribution in [0.1, 0.15) is 38.7 Å². The summed E-state index contributed by atoms with van der Waals surface area (Å²) in [6.07, 6.45) is 4.72. The van der Waals surface area contributed by atoms with Gasteiger partial charge in [-0.25, -0.2) is 4.68 Å². The van der Waals surface area contributed by atoms with Gasteiger partial charge in [0.1, 0.15) is 10.4 Å². The first kappa shape index (κ1) is 15.1. The Hall–Kier alpha value is -1.29. The van der Waals surface area contributed by atoms with Crippen molar-refractivity contribution in [2.24, 2.45) is 5.92 Å². The highest BCUT2D eigenvalue weighted by atomic mass is 79.9. The minimum atomic E-state index is 0.627. The van der Waals surface area contributed by atoms with Crippen molar-refractivity contribution in [2.45, 2.75) is 39.5 Å². The predicted molar refractivity (Wildman–Crippen MR) is 88.1 cm³/mol. The van der Waals surface area contributed by atoms with Crippen LogP contribution >= 0.6 is 15.9 Å². The number of rotatable bonds is 6. The molecule has 2 N–H and O–H groups in total. The molecule has 3 nitrogen and oxygen atoms in total. The van der Waals surface area contributed by atoms with E-state index < -0.39 is 0 Å². The molecular formula is C16H22BrN3. The number of hydrogen-bond donors (Lipinski definition) is 1. The Labute approximate surface area is 129 Å². The Bertz CT molecular complexity index is 548. The molecule has 0 radical (unpaired) electrons. The molecule has 0 spiro atoms. The summed E-state index contributed by atoms with van der Waals surface area (Å²) in [6.45, 7) is 4.51. The maximum absolute atomic E-state index is 6.28. The van der Waals surface area contributed by atoms with Crippen LogP contribution in [0.4, 0.5) is 5.82 Å². The summed E-state index contributed by atoms with van der Waals surface area (Å²) in [5.41, 5.74) is 8.40. The lowest BCUT2D eigenvalue weighted by Crippen LogP contribution is -2.05. The van der Waals surface area contributed by atoms with Gasteiger partial charge in [-0.1, -0.05) is 51.3 Å². The fourth-order valence-corrected chi connectivity index (χ4v) is 2.92. The zero-order valence-corrected chi connectivity index (χ0v) is 13.7. The Balaban J connectivity index is 2.21. The van der Waals surface area contributed by atoms with E-state index in [9.17, 15) is 0 Å². The van der Waals surface area contributed by atoms with Crippen LogP contribution in [0.3, 0.4) is 0 Å². The second-order valence-electron chi connectivity index (χ2n) is 5.35. The van der Waals surface area contributed by atoms with Crippen LogP contribution < -0.4 is 5.73 Å². The molecule has 4 heteroatoms. The van der Waals surface area contributed by atoms with E-state index >= 15 is 0 Å². The molecule has 1 atom stereocenters. The molecule has 2 rings (SSSR count). The number of aromatic nitrogens is 2. The quantitative estimate of drug-likeness (QED) is 0.839. The molecule has 1 unspecified atom stereocenters. The summed E-state index contributed by atoms with van der Waals surface area (Å²) in [5.74, 6) is 1.37. The molecule has 0 aliphatic heterocycles. The maximum atomic E-state index is 6.28. The summed E-state index contributed by atoms with van der Waals surface area (Å²) < 4.78 is 2.67. The smallest absolute Gasteiger partial charge is 0.133 e. The van der Waals surface area contributed by atoms with E-state index in [1.54, 1.807) is 0 Å². The van der Waals surface area contributed by atoms with Crippen molar-refractivity contribution in [3.05, 3.63) is 40.5 Å². The number of nitrogen functional groups attached to an aromatic ring is 1.